The summed E-state index contributed by atoms with van der Waals surface area (Å²) in [5, 5.41) is 11.8. The second kappa shape index (κ2) is 6.96. The van der Waals surface area contributed by atoms with Gasteiger partial charge in [-0.2, -0.15) is 0 Å². The van der Waals surface area contributed by atoms with Crippen LogP contribution < -0.4 is 10.1 Å². The van der Waals surface area contributed by atoms with Crippen molar-refractivity contribution in [1.82, 2.24) is 5.32 Å². The maximum absolute atomic E-state index is 13.3. The van der Waals surface area contributed by atoms with Crippen LogP contribution in [0.3, 0.4) is 0 Å². The SMILES string of the molecule is CCCNC(COc1ccc(C)c(F)c1)C(=O)O. The van der Waals surface area contributed by atoms with Gasteiger partial charge in [-0.25, -0.2) is 4.39 Å². The van der Waals surface area contributed by atoms with Gasteiger partial charge in [0.25, 0.3) is 0 Å². The van der Waals surface area contributed by atoms with Crippen molar-refractivity contribution >= 4 is 5.97 Å². The van der Waals surface area contributed by atoms with Crippen LogP contribution in [0.4, 0.5) is 4.39 Å². The van der Waals surface area contributed by atoms with E-state index in [2.05, 4.69) is 5.32 Å². The fourth-order valence-electron chi connectivity index (χ4n) is 1.38. The molecular weight excluding hydrogens is 237 g/mol. The van der Waals surface area contributed by atoms with E-state index in [-0.39, 0.29) is 12.4 Å². The highest BCUT2D eigenvalue weighted by atomic mass is 19.1. The van der Waals surface area contributed by atoms with Crippen LogP contribution in [0.2, 0.25) is 0 Å². The van der Waals surface area contributed by atoms with E-state index in [1.165, 1.54) is 6.07 Å². The van der Waals surface area contributed by atoms with E-state index in [1.54, 1.807) is 19.1 Å². The summed E-state index contributed by atoms with van der Waals surface area (Å²) in [5.41, 5.74) is 0.529. The number of halogens is 1. The molecule has 0 aliphatic rings. The van der Waals surface area contributed by atoms with E-state index >= 15 is 0 Å². The Morgan fingerprint density at radius 2 is 2.28 bits per heavy atom. The minimum absolute atomic E-state index is 0.0299. The van der Waals surface area contributed by atoms with Crippen LogP contribution in [0.15, 0.2) is 18.2 Å². The lowest BCUT2D eigenvalue weighted by Crippen LogP contribution is -2.41. The predicted octanol–water partition coefficient (Wildman–Crippen LogP) is 1.97. The van der Waals surface area contributed by atoms with E-state index < -0.39 is 12.0 Å². The Morgan fingerprint density at radius 3 is 2.83 bits per heavy atom. The monoisotopic (exact) mass is 255 g/mol. The smallest absolute Gasteiger partial charge is 0.324 e. The lowest BCUT2D eigenvalue weighted by Gasteiger charge is -2.15. The highest BCUT2D eigenvalue weighted by Crippen LogP contribution is 2.15. The molecule has 18 heavy (non-hydrogen) atoms. The van der Waals surface area contributed by atoms with Gasteiger partial charge in [-0.05, 0) is 31.5 Å². The number of hydrogen-bond acceptors (Lipinski definition) is 3. The van der Waals surface area contributed by atoms with Crippen LogP contribution in [0.1, 0.15) is 18.9 Å². The molecule has 0 saturated heterocycles. The maximum Gasteiger partial charge on any atom is 0.324 e. The fraction of sp³-hybridized carbons (Fsp3) is 0.462. The largest absolute Gasteiger partial charge is 0.491 e. The Morgan fingerprint density at radius 1 is 1.56 bits per heavy atom. The van der Waals surface area contributed by atoms with Crippen LogP contribution in [-0.2, 0) is 4.79 Å². The minimum Gasteiger partial charge on any atom is -0.491 e. The molecular formula is C13H18FNO3. The van der Waals surface area contributed by atoms with Gasteiger partial charge in [0.1, 0.15) is 24.2 Å². The number of aliphatic carboxylic acids is 1. The second-order valence-corrected chi connectivity index (χ2v) is 4.07. The molecule has 0 fully saturated rings. The van der Waals surface area contributed by atoms with Crippen LogP contribution in [0.5, 0.6) is 5.75 Å². The predicted molar refractivity (Wildman–Crippen MR) is 66.3 cm³/mol. The number of aryl methyl sites for hydroxylation is 1. The first-order valence-corrected chi connectivity index (χ1v) is 5.89. The van der Waals surface area contributed by atoms with Crippen LogP contribution in [-0.4, -0.2) is 30.3 Å². The highest BCUT2D eigenvalue weighted by molar-refractivity contribution is 5.73. The van der Waals surface area contributed by atoms with E-state index in [4.69, 9.17) is 9.84 Å². The first-order valence-electron chi connectivity index (χ1n) is 5.89. The number of carboxylic acids is 1. The van der Waals surface area contributed by atoms with Crippen molar-refractivity contribution in [3.05, 3.63) is 29.6 Å². The summed E-state index contributed by atoms with van der Waals surface area (Å²) < 4.78 is 18.5. The van der Waals surface area contributed by atoms with Gasteiger partial charge in [-0.15, -0.1) is 0 Å². The summed E-state index contributed by atoms with van der Waals surface area (Å²) in [6, 6.07) is 3.69. The van der Waals surface area contributed by atoms with Crippen LogP contribution in [0.25, 0.3) is 0 Å². The molecule has 4 nitrogen and oxygen atoms in total. The van der Waals surface area contributed by atoms with Gasteiger partial charge < -0.3 is 15.2 Å². The van der Waals surface area contributed by atoms with Gasteiger partial charge >= 0.3 is 5.97 Å². The summed E-state index contributed by atoms with van der Waals surface area (Å²) in [6.45, 7) is 4.17. The zero-order valence-electron chi connectivity index (χ0n) is 10.6. The first-order chi connectivity index (χ1) is 8.54. The molecule has 1 aromatic rings. The van der Waals surface area contributed by atoms with E-state index in [1.807, 2.05) is 6.92 Å². The molecule has 1 aromatic carbocycles. The molecule has 1 atom stereocenters. The number of hydrogen-bond donors (Lipinski definition) is 2. The zero-order chi connectivity index (χ0) is 13.5. The average Bonchev–Trinajstić information content (AvgIpc) is 2.33. The summed E-state index contributed by atoms with van der Waals surface area (Å²) >= 11 is 0. The summed E-state index contributed by atoms with van der Waals surface area (Å²) in [5.74, 6) is -1.00. The quantitative estimate of drug-likeness (QED) is 0.782. The second-order valence-electron chi connectivity index (χ2n) is 4.07. The molecule has 100 valence electrons. The standard InChI is InChI=1S/C13H18FNO3/c1-3-6-15-12(13(16)17)8-18-10-5-4-9(2)11(14)7-10/h4-5,7,12,15H,3,6,8H2,1-2H3,(H,16,17). The number of rotatable bonds is 7. The maximum atomic E-state index is 13.3. The lowest BCUT2D eigenvalue weighted by atomic mass is 10.2. The molecule has 5 heteroatoms. The fourth-order valence-corrected chi connectivity index (χ4v) is 1.38. The molecule has 1 rings (SSSR count). The number of ether oxygens (including phenoxy) is 1. The molecule has 0 saturated carbocycles. The third-order valence-electron chi connectivity index (χ3n) is 2.50. The zero-order valence-corrected chi connectivity index (χ0v) is 10.6. The van der Waals surface area contributed by atoms with Crippen molar-refractivity contribution in [1.29, 1.82) is 0 Å². The third kappa shape index (κ3) is 4.33. The molecule has 0 radical (unpaired) electrons. The Hall–Kier alpha value is -1.62. The Balaban J connectivity index is 2.55. The Labute approximate surface area is 106 Å². The van der Waals surface area contributed by atoms with Gasteiger partial charge in [-0.3, -0.25) is 4.79 Å². The molecule has 0 heterocycles. The van der Waals surface area contributed by atoms with Crippen LogP contribution >= 0.6 is 0 Å². The van der Waals surface area contributed by atoms with Gasteiger partial charge in [0.15, 0.2) is 0 Å². The van der Waals surface area contributed by atoms with Gasteiger partial charge in [-0.1, -0.05) is 13.0 Å². The molecule has 0 amide bonds. The molecule has 0 bridgehead atoms. The molecule has 0 spiro atoms. The highest BCUT2D eigenvalue weighted by Gasteiger charge is 2.17. The molecule has 0 aromatic heterocycles. The topological polar surface area (TPSA) is 58.6 Å². The number of nitrogens with one attached hydrogen (secondary N) is 1. The van der Waals surface area contributed by atoms with Gasteiger partial charge in [0.05, 0.1) is 0 Å². The van der Waals surface area contributed by atoms with Crippen molar-refractivity contribution in [2.24, 2.45) is 0 Å². The van der Waals surface area contributed by atoms with Crippen LogP contribution in [0, 0.1) is 12.7 Å². The molecule has 1 unspecified atom stereocenters. The summed E-state index contributed by atoms with van der Waals surface area (Å²) in [7, 11) is 0. The Bertz CT molecular complexity index is 409. The van der Waals surface area contributed by atoms with Crippen molar-refractivity contribution in [3.63, 3.8) is 0 Å². The lowest BCUT2D eigenvalue weighted by molar-refractivity contribution is -0.140. The van der Waals surface area contributed by atoms with Gasteiger partial charge in [0.2, 0.25) is 0 Å². The number of carboxylic acid groups (broad SMARTS) is 1. The van der Waals surface area contributed by atoms with Crippen molar-refractivity contribution in [2.75, 3.05) is 13.2 Å². The minimum atomic E-state index is -0.976. The number of carbonyl (C=O) groups is 1. The average molecular weight is 255 g/mol. The van der Waals surface area contributed by atoms with Gasteiger partial charge in [0, 0.05) is 6.07 Å². The molecule has 0 aliphatic heterocycles. The van der Waals surface area contributed by atoms with E-state index in [0.717, 1.165) is 6.42 Å². The summed E-state index contributed by atoms with van der Waals surface area (Å²) in [4.78, 5) is 10.9. The third-order valence-corrected chi connectivity index (χ3v) is 2.50. The van der Waals surface area contributed by atoms with Crippen molar-refractivity contribution < 1.29 is 19.0 Å². The normalized spacial score (nSPS) is 12.2. The Kier molecular flexibility index (Phi) is 5.58. The molecule has 2 N–H and O–H groups in total. The van der Waals surface area contributed by atoms with E-state index in [9.17, 15) is 9.18 Å². The number of benzene rings is 1. The van der Waals surface area contributed by atoms with Crippen molar-refractivity contribution in [3.8, 4) is 5.75 Å². The first kappa shape index (κ1) is 14.4. The van der Waals surface area contributed by atoms with Crippen molar-refractivity contribution in [2.45, 2.75) is 26.3 Å². The van der Waals surface area contributed by atoms with E-state index in [0.29, 0.717) is 17.9 Å². The molecule has 0 aliphatic carbocycles. The summed E-state index contributed by atoms with van der Waals surface area (Å²) in [6.07, 6.45) is 0.836.